The summed E-state index contributed by atoms with van der Waals surface area (Å²) in [5.74, 6) is 0. The molecule has 0 aromatic heterocycles. The molecule has 1 aromatic carbocycles. The van der Waals surface area contributed by atoms with Crippen molar-refractivity contribution in [1.29, 1.82) is 0 Å². The van der Waals surface area contributed by atoms with Gasteiger partial charge in [0.05, 0.1) is 0 Å². The molecule has 0 amide bonds. The van der Waals surface area contributed by atoms with E-state index in [1.165, 1.54) is 12.1 Å². The summed E-state index contributed by atoms with van der Waals surface area (Å²) >= 11 is 0. The summed E-state index contributed by atoms with van der Waals surface area (Å²) in [4.78, 5) is 0. The first-order valence-corrected chi connectivity index (χ1v) is 2.54. The number of hydrogen-bond acceptors (Lipinski definition) is 0. The van der Waals surface area contributed by atoms with Crippen molar-refractivity contribution in [3.63, 3.8) is 0 Å². The van der Waals surface area contributed by atoms with Gasteiger partial charge in [0.15, 0.2) is 0 Å². The maximum absolute atomic E-state index is 11.7. The number of rotatable bonds is 1. The summed E-state index contributed by atoms with van der Waals surface area (Å²) in [5, 5.41) is 0. The predicted molar refractivity (Wildman–Crippen MR) is 31.0 cm³/mol. The molecule has 1 rings (SSSR count). The molecular formula is C7H5F2. The van der Waals surface area contributed by atoms with E-state index in [0.717, 1.165) is 0 Å². The van der Waals surface area contributed by atoms with E-state index >= 15 is 0 Å². The molecule has 0 aliphatic rings. The molecule has 0 aliphatic carbocycles. The van der Waals surface area contributed by atoms with Gasteiger partial charge in [-0.2, -0.15) is 8.78 Å². The first-order valence-electron chi connectivity index (χ1n) is 2.54. The Bertz CT molecular complexity index is 170. The molecule has 0 unspecified atom stereocenters. The molecule has 0 atom stereocenters. The van der Waals surface area contributed by atoms with E-state index in [1.54, 1.807) is 18.2 Å². The molecule has 1 aromatic rings. The lowest BCUT2D eigenvalue weighted by Crippen LogP contribution is -1.80. The maximum atomic E-state index is 11.7. The number of benzene rings is 1. The molecule has 9 heavy (non-hydrogen) atoms. The Morgan fingerprint density at radius 2 is 1.56 bits per heavy atom. The second kappa shape index (κ2) is 2.58. The van der Waals surface area contributed by atoms with Crippen molar-refractivity contribution in [2.45, 2.75) is 0 Å². The summed E-state index contributed by atoms with van der Waals surface area (Å²) in [7, 11) is 0. The van der Waals surface area contributed by atoms with Crippen LogP contribution in [0.3, 0.4) is 0 Å². The zero-order valence-electron chi connectivity index (χ0n) is 4.64. The zero-order chi connectivity index (χ0) is 6.69. The standard InChI is InChI=1S/C7H5F2/c8-7(9)6-4-2-1-3-5-6/h1-5H. The van der Waals surface area contributed by atoms with Crippen molar-refractivity contribution in [3.05, 3.63) is 42.3 Å². The van der Waals surface area contributed by atoms with Gasteiger partial charge in [-0.05, 0) is 0 Å². The fourth-order valence-corrected chi connectivity index (χ4v) is 0.564. The summed E-state index contributed by atoms with van der Waals surface area (Å²) in [5.41, 5.74) is -0.00231. The Balaban J connectivity index is 2.85. The number of halogens is 2. The fourth-order valence-electron chi connectivity index (χ4n) is 0.564. The molecule has 0 saturated heterocycles. The zero-order valence-corrected chi connectivity index (χ0v) is 4.64. The molecule has 0 nitrogen and oxygen atoms in total. The van der Waals surface area contributed by atoms with Crippen LogP contribution in [0.4, 0.5) is 8.78 Å². The van der Waals surface area contributed by atoms with Gasteiger partial charge in [-0.3, -0.25) is 0 Å². The van der Waals surface area contributed by atoms with Crippen LogP contribution in [0.5, 0.6) is 0 Å². The predicted octanol–water partition coefficient (Wildman–Crippen LogP) is 2.46. The monoisotopic (exact) mass is 127 g/mol. The third kappa shape index (κ3) is 1.49. The highest BCUT2D eigenvalue weighted by molar-refractivity contribution is 5.22. The molecule has 0 saturated carbocycles. The van der Waals surface area contributed by atoms with Crippen LogP contribution in [0.25, 0.3) is 0 Å². The normalized spacial score (nSPS) is 10.1. The second-order valence-electron chi connectivity index (χ2n) is 1.63. The lowest BCUT2D eigenvalue weighted by atomic mass is 10.2. The van der Waals surface area contributed by atoms with Gasteiger partial charge in [-0.15, -0.1) is 0 Å². The van der Waals surface area contributed by atoms with Gasteiger partial charge >= 0.3 is 6.43 Å². The number of hydrogen-bond donors (Lipinski definition) is 0. The minimum absolute atomic E-state index is 0.00231. The SMILES string of the molecule is F[C](F)c1ccccc1. The van der Waals surface area contributed by atoms with Crippen LogP contribution in [0.2, 0.25) is 0 Å². The lowest BCUT2D eigenvalue weighted by Gasteiger charge is -1.92. The molecule has 0 spiro atoms. The van der Waals surface area contributed by atoms with Crippen molar-refractivity contribution >= 4 is 0 Å². The van der Waals surface area contributed by atoms with E-state index in [9.17, 15) is 8.78 Å². The van der Waals surface area contributed by atoms with E-state index in [4.69, 9.17) is 0 Å². The van der Waals surface area contributed by atoms with Crippen molar-refractivity contribution in [2.24, 2.45) is 0 Å². The largest absolute Gasteiger partial charge is 0.339 e. The van der Waals surface area contributed by atoms with Crippen LogP contribution in [-0.4, -0.2) is 0 Å². The van der Waals surface area contributed by atoms with Crippen LogP contribution in [-0.2, 0) is 0 Å². The van der Waals surface area contributed by atoms with Gasteiger partial charge in [0.25, 0.3) is 0 Å². The summed E-state index contributed by atoms with van der Waals surface area (Å²) in [6, 6.07) is 7.60. The molecule has 47 valence electrons. The van der Waals surface area contributed by atoms with E-state index in [0.29, 0.717) is 0 Å². The van der Waals surface area contributed by atoms with Gasteiger partial charge in [0.1, 0.15) is 0 Å². The highest BCUT2D eigenvalue weighted by Crippen LogP contribution is 2.15. The average molecular weight is 127 g/mol. The highest BCUT2D eigenvalue weighted by atomic mass is 19.3. The first kappa shape index (κ1) is 6.20. The van der Waals surface area contributed by atoms with Crippen molar-refractivity contribution in [1.82, 2.24) is 0 Å². The van der Waals surface area contributed by atoms with Gasteiger partial charge < -0.3 is 0 Å². The molecular weight excluding hydrogens is 122 g/mol. The van der Waals surface area contributed by atoms with E-state index in [-0.39, 0.29) is 5.56 Å². The minimum atomic E-state index is -1.63. The van der Waals surface area contributed by atoms with Gasteiger partial charge in [-0.25, -0.2) is 0 Å². The average Bonchev–Trinajstić information content (AvgIpc) is 1.90. The quantitative estimate of drug-likeness (QED) is 0.543. The van der Waals surface area contributed by atoms with Crippen LogP contribution in [0.1, 0.15) is 5.56 Å². The minimum Gasteiger partial charge on any atom is -0.194 e. The van der Waals surface area contributed by atoms with E-state index in [1.807, 2.05) is 0 Å². The fraction of sp³-hybridized carbons (Fsp3) is 0. The Labute approximate surface area is 52.1 Å². The Hall–Kier alpha value is -0.920. The van der Waals surface area contributed by atoms with Crippen LogP contribution in [0, 0.1) is 6.43 Å². The molecule has 0 N–H and O–H groups in total. The van der Waals surface area contributed by atoms with Crippen molar-refractivity contribution in [3.8, 4) is 0 Å². The third-order valence-corrected chi connectivity index (χ3v) is 0.992. The Morgan fingerprint density at radius 1 is 1.00 bits per heavy atom. The first-order chi connectivity index (χ1) is 4.30. The summed E-state index contributed by atoms with van der Waals surface area (Å²) in [6.07, 6.45) is -1.63. The lowest BCUT2D eigenvalue weighted by molar-refractivity contribution is 0.325. The van der Waals surface area contributed by atoms with Crippen LogP contribution in [0.15, 0.2) is 30.3 Å². The maximum Gasteiger partial charge on any atom is 0.339 e. The summed E-state index contributed by atoms with van der Waals surface area (Å²) < 4.78 is 23.4. The van der Waals surface area contributed by atoms with Crippen LogP contribution < -0.4 is 0 Å². The van der Waals surface area contributed by atoms with Gasteiger partial charge in [0, 0.05) is 5.56 Å². The smallest absolute Gasteiger partial charge is 0.194 e. The molecule has 0 bridgehead atoms. The molecule has 2 heteroatoms. The topological polar surface area (TPSA) is 0 Å². The van der Waals surface area contributed by atoms with Crippen molar-refractivity contribution in [2.75, 3.05) is 0 Å². The Kier molecular flexibility index (Phi) is 1.78. The Morgan fingerprint density at radius 3 is 1.89 bits per heavy atom. The van der Waals surface area contributed by atoms with E-state index < -0.39 is 6.43 Å². The molecule has 0 aliphatic heterocycles. The van der Waals surface area contributed by atoms with Crippen LogP contribution >= 0.6 is 0 Å². The summed E-state index contributed by atoms with van der Waals surface area (Å²) in [6.45, 7) is 0. The molecule has 1 radical (unpaired) electrons. The third-order valence-electron chi connectivity index (χ3n) is 0.992. The van der Waals surface area contributed by atoms with E-state index in [2.05, 4.69) is 0 Å². The highest BCUT2D eigenvalue weighted by Gasteiger charge is 2.05. The molecule has 0 fully saturated rings. The van der Waals surface area contributed by atoms with Gasteiger partial charge in [-0.1, -0.05) is 30.3 Å². The molecule has 0 heterocycles. The van der Waals surface area contributed by atoms with Gasteiger partial charge in [0.2, 0.25) is 0 Å². The second-order valence-corrected chi connectivity index (χ2v) is 1.63. The van der Waals surface area contributed by atoms with Crippen molar-refractivity contribution < 1.29 is 8.78 Å².